The standard InChI is InChI=1S/C5H4BrFN2/c1-3-2-8-5(6)9-4(3)7/h2H,1H3. The van der Waals surface area contributed by atoms with Crippen LogP contribution in [0.5, 0.6) is 0 Å². The molecule has 9 heavy (non-hydrogen) atoms. The maximum Gasteiger partial charge on any atom is 0.219 e. The summed E-state index contributed by atoms with van der Waals surface area (Å²) in [6.07, 6.45) is 1.42. The Morgan fingerprint density at radius 3 is 2.78 bits per heavy atom. The second kappa shape index (κ2) is 2.39. The molecule has 0 radical (unpaired) electrons. The van der Waals surface area contributed by atoms with E-state index in [9.17, 15) is 4.39 Å². The van der Waals surface area contributed by atoms with Gasteiger partial charge in [-0.3, -0.25) is 0 Å². The van der Waals surface area contributed by atoms with Crippen LogP contribution in [0, 0.1) is 12.9 Å². The molecule has 0 N–H and O–H groups in total. The third kappa shape index (κ3) is 1.45. The Hall–Kier alpha value is -0.510. The summed E-state index contributed by atoms with van der Waals surface area (Å²) in [4.78, 5) is 7.12. The van der Waals surface area contributed by atoms with Gasteiger partial charge in [0.15, 0.2) is 4.73 Å². The largest absolute Gasteiger partial charge is 0.230 e. The van der Waals surface area contributed by atoms with Gasteiger partial charge in [0.05, 0.1) is 0 Å². The molecule has 0 aliphatic rings. The van der Waals surface area contributed by atoms with Crippen molar-refractivity contribution in [2.75, 3.05) is 0 Å². The first-order valence-corrected chi connectivity index (χ1v) is 3.14. The van der Waals surface area contributed by atoms with Gasteiger partial charge in [-0.15, -0.1) is 0 Å². The van der Waals surface area contributed by atoms with E-state index < -0.39 is 5.95 Å². The summed E-state index contributed by atoms with van der Waals surface area (Å²) in [5, 5.41) is 0. The molecule has 1 rings (SSSR count). The normalized spacial score (nSPS) is 9.67. The molecule has 1 aromatic heterocycles. The summed E-state index contributed by atoms with van der Waals surface area (Å²) in [6, 6.07) is 0. The van der Waals surface area contributed by atoms with E-state index in [0.29, 0.717) is 5.56 Å². The zero-order valence-electron chi connectivity index (χ0n) is 4.73. The van der Waals surface area contributed by atoms with Gasteiger partial charge in [-0.1, -0.05) is 0 Å². The van der Waals surface area contributed by atoms with E-state index in [0.717, 1.165) is 0 Å². The maximum atomic E-state index is 12.4. The van der Waals surface area contributed by atoms with Crippen LogP contribution in [0.2, 0.25) is 0 Å². The number of hydrogen-bond acceptors (Lipinski definition) is 2. The lowest BCUT2D eigenvalue weighted by Crippen LogP contribution is -1.90. The van der Waals surface area contributed by atoms with Crippen LogP contribution in [0.15, 0.2) is 10.9 Å². The number of halogens is 2. The van der Waals surface area contributed by atoms with Gasteiger partial charge in [0.2, 0.25) is 5.95 Å². The topological polar surface area (TPSA) is 25.8 Å². The average molecular weight is 191 g/mol. The van der Waals surface area contributed by atoms with Crippen LogP contribution in [0.1, 0.15) is 5.56 Å². The number of aromatic nitrogens is 2. The highest BCUT2D eigenvalue weighted by molar-refractivity contribution is 9.10. The summed E-state index contributed by atoms with van der Waals surface area (Å²) in [5.74, 6) is -0.475. The highest BCUT2D eigenvalue weighted by atomic mass is 79.9. The molecule has 1 heterocycles. The monoisotopic (exact) mass is 190 g/mol. The third-order valence-corrected chi connectivity index (χ3v) is 1.26. The Morgan fingerprint density at radius 2 is 2.33 bits per heavy atom. The molecule has 0 fully saturated rings. The molecular formula is C5H4BrFN2. The number of rotatable bonds is 0. The lowest BCUT2D eigenvalue weighted by atomic mass is 10.4. The Labute approximate surface area is 60.3 Å². The summed E-state index contributed by atoms with van der Waals surface area (Å²) < 4.78 is 12.7. The SMILES string of the molecule is Cc1cnc(Br)nc1F. The van der Waals surface area contributed by atoms with E-state index in [1.165, 1.54) is 6.20 Å². The second-order valence-corrected chi connectivity index (χ2v) is 2.32. The summed E-state index contributed by atoms with van der Waals surface area (Å²) in [6.45, 7) is 1.61. The fourth-order valence-corrected chi connectivity index (χ4v) is 0.659. The average Bonchev–Trinajstić information content (AvgIpc) is 1.80. The van der Waals surface area contributed by atoms with Gasteiger partial charge in [-0.05, 0) is 22.9 Å². The molecule has 0 amide bonds. The van der Waals surface area contributed by atoms with Crippen molar-refractivity contribution in [2.45, 2.75) is 6.92 Å². The van der Waals surface area contributed by atoms with E-state index >= 15 is 0 Å². The third-order valence-electron chi connectivity index (χ3n) is 0.881. The predicted octanol–water partition coefficient (Wildman–Crippen LogP) is 1.69. The molecule has 0 aliphatic carbocycles. The zero-order valence-corrected chi connectivity index (χ0v) is 6.31. The smallest absolute Gasteiger partial charge is 0.219 e. The highest BCUT2D eigenvalue weighted by Gasteiger charge is 1.97. The van der Waals surface area contributed by atoms with E-state index in [2.05, 4.69) is 25.9 Å². The molecule has 2 nitrogen and oxygen atoms in total. The van der Waals surface area contributed by atoms with Crippen LogP contribution < -0.4 is 0 Å². The van der Waals surface area contributed by atoms with Gasteiger partial charge in [0.1, 0.15) is 0 Å². The van der Waals surface area contributed by atoms with E-state index in [-0.39, 0.29) is 4.73 Å². The summed E-state index contributed by atoms with van der Waals surface area (Å²) >= 11 is 2.93. The van der Waals surface area contributed by atoms with Gasteiger partial charge < -0.3 is 0 Å². The van der Waals surface area contributed by atoms with Crippen LogP contribution in [0.25, 0.3) is 0 Å². The molecule has 0 saturated heterocycles. The molecule has 0 bridgehead atoms. The van der Waals surface area contributed by atoms with Crippen molar-refractivity contribution in [3.05, 3.63) is 22.4 Å². The first-order valence-electron chi connectivity index (χ1n) is 2.35. The fourth-order valence-electron chi connectivity index (χ4n) is 0.401. The van der Waals surface area contributed by atoms with Gasteiger partial charge in [-0.2, -0.15) is 9.37 Å². The van der Waals surface area contributed by atoms with E-state index in [1.54, 1.807) is 6.92 Å². The quantitative estimate of drug-likeness (QED) is 0.460. The summed E-state index contributed by atoms with van der Waals surface area (Å²) in [7, 11) is 0. The van der Waals surface area contributed by atoms with Crippen molar-refractivity contribution in [3.63, 3.8) is 0 Å². The fraction of sp³-hybridized carbons (Fsp3) is 0.200. The number of hydrogen-bond donors (Lipinski definition) is 0. The Morgan fingerprint density at radius 1 is 1.67 bits per heavy atom. The van der Waals surface area contributed by atoms with Crippen molar-refractivity contribution in [1.29, 1.82) is 0 Å². The highest BCUT2D eigenvalue weighted by Crippen LogP contribution is 2.04. The van der Waals surface area contributed by atoms with Gasteiger partial charge in [-0.25, -0.2) is 4.98 Å². The minimum Gasteiger partial charge on any atom is -0.230 e. The summed E-state index contributed by atoms with van der Waals surface area (Å²) in [5.41, 5.74) is 0.457. The molecule has 1 aromatic rings. The lowest BCUT2D eigenvalue weighted by Gasteiger charge is -1.91. The van der Waals surface area contributed by atoms with Crippen molar-refractivity contribution in [1.82, 2.24) is 9.97 Å². The van der Waals surface area contributed by atoms with Gasteiger partial charge in [0, 0.05) is 11.8 Å². The zero-order chi connectivity index (χ0) is 6.85. The van der Waals surface area contributed by atoms with Crippen molar-refractivity contribution >= 4 is 15.9 Å². The predicted molar refractivity (Wildman–Crippen MR) is 34.4 cm³/mol. The first kappa shape index (κ1) is 6.61. The van der Waals surface area contributed by atoms with Crippen LogP contribution in [-0.4, -0.2) is 9.97 Å². The Kier molecular flexibility index (Phi) is 1.75. The number of nitrogens with zero attached hydrogens (tertiary/aromatic N) is 2. The van der Waals surface area contributed by atoms with Crippen LogP contribution in [0.3, 0.4) is 0 Å². The molecule has 0 saturated carbocycles. The minimum atomic E-state index is -0.475. The van der Waals surface area contributed by atoms with Crippen molar-refractivity contribution in [2.24, 2.45) is 0 Å². The molecule has 0 aliphatic heterocycles. The van der Waals surface area contributed by atoms with Crippen molar-refractivity contribution in [3.8, 4) is 0 Å². The molecule has 4 heteroatoms. The molecule has 0 aromatic carbocycles. The van der Waals surface area contributed by atoms with Crippen LogP contribution in [0.4, 0.5) is 4.39 Å². The molecular weight excluding hydrogens is 187 g/mol. The lowest BCUT2D eigenvalue weighted by molar-refractivity contribution is 0.565. The van der Waals surface area contributed by atoms with Crippen LogP contribution >= 0.6 is 15.9 Å². The minimum absolute atomic E-state index is 0.283. The Bertz CT molecular complexity index is 226. The van der Waals surface area contributed by atoms with Crippen molar-refractivity contribution < 1.29 is 4.39 Å². The first-order chi connectivity index (χ1) is 4.20. The van der Waals surface area contributed by atoms with Gasteiger partial charge in [0.25, 0.3) is 0 Å². The second-order valence-electron chi connectivity index (χ2n) is 1.61. The molecule has 0 unspecified atom stereocenters. The van der Waals surface area contributed by atoms with E-state index in [1.807, 2.05) is 0 Å². The number of aryl methyl sites for hydroxylation is 1. The Balaban J connectivity index is 3.17. The van der Waals surface area contributed by atoms with E-state index in [4.69, 9.17) is 0 Å². The molecule has 48 valence electrons. The van der Waals surface area contributed by atoms with Crippen LogP contribution in [-0.2, 0) is 0 Å². The van der Waals surface area contributed by atoms with Gasteiger partial charge >= 0.3 is 0 Å². The maximum absolute atomic E-state index is 12.4. The molecule has 0 spiro atoms. The molecule has 0 atom stereocenters.